The van der Waals surface area contributed by atoms with Gasteiger partial charge in [-0.05, 0) is 58.3 Å². The lowest BCUT2D eigenvalue weighted by Gasteiger charge is -2.31. The number of aliphatic hydroxyl groups is 3. The average molecular weight is 1020 g/mol. The predicted molar refractivity (Wildman–Crippen MR) is 253 cm³/mol. The number of hydrogen-bond donors (Lipinski definition) is 17. The second-order valence-electron chi connectivity index (χ2n) is 17.6. The summed E-state index contributed by atoms with van der Waals surface area (Å²) in [6, 6.07) is -11.5. The van der Waals surface area contributed by atoms with E-state index in [1.165, 1.54) is 20.8 Å². The van der Waals surface area contributed by atoms with Crippen molar-refractivity contribution >= 4 is 71.0 Å². The maximum absolute atomic E-state index is 13.9. The SMILES string of the molecule is CCC(C)[C@H](NC(=O)[C@@H](NC(=O)[C@H](C)NC(=O)[C@@H](N)[C@@H](C)O)[C@@H](C)O)C(=O)N[C@@H](CC(C)C)[C@@H](O)CC(=O)N[C@@H](CCC(N)=O)C(=O)N[C@@H](CCCN=C(N)N)C(=O)NCC(=O)N[C@@H](CC(N)=O)C(=O)O. The van der Waals surface area contributed by atoms with Crippen LogP contribution in [0.1, 0.15) is 99.8 Å². The van der Waals surface area contributed by atoms with Gasteiger partial charge in [-0.25, -0.2) is 4.79 Å². The van der Waals surface area contributed by atoms with Gasteiger partial charge < -0.3 is 91.6 Å². The second kappa shape index (κ2) is 32.2. The van der Waals surface area contributed by atoms with Crippen LogP contribution in [-0.2, 0) is 52.7 Å². The van der Waals surface area contributed by atoms with Crippen LogP contribution in [-0.4, -0.2) is 171 Å². The van der Waals surface area contributed by atoms with Crippen LogP contribution in [0.15, 0.2) is 4.99 Å². The van der Waals surface area contributed by atoms with Gasteiger partial charge in [0.1, 0.15) is 42.3 Å². The van der Waals surface area contributed by atoms with Gasteiger partial charge in [0.2, 0.25) is 59.1 Å². The zero-order valence-corrected chi connectivity index (χ0v) is 41.2. The molecule has 0 aromatic carbocycles. The van der Waals surface area contributed by atoms with Crippen molar-refractivity contribution in [3.05, 3.63) is 0 Å². The fraction of sp³-hybridized carbons (Fsp3) is 0.714. The van der Waals surface area contributed by atoms with Crippen LogP contribution in [0.2, 0.25) is 0 Å². The Hall–Kier alpha value is -6.72. The molecule has 0 heterocycles. The monoisotopic (exact) mass is 1020 g/mol. The first kappa shape index (κ1) is 64.3. The van der Waals surface area contributed by atoms with Gasteiger partial charge in [-0.2, -0.15) is 0 Å². The Bertz CT molecular complexity index is 1880. The summed E-state index contributed by atoms with van der Waals surface area (Å²) in [5.41, 5.74) is 26.7. The lowest BCUT2D eigenvalue weighted by atomic mass is 9.94. The number of amides is 10. The molecule has 0 bridgehead atoms. The number of carbonyl (C=O) groups excluding carboxylic acids is 10. The Balaban J connectivity index is 6.33. The van der Waals surface area contributed by atoms with Crippen LogP contribution < -0.4 is 71.2 Å². The first-order valence-corrected chi connectivity index (χ1v) is 22.9. The summed E-state index contributed by atoms with van der Waals surface area (Å²) in [5.74, 6) is -12.1. The highest BCUT2D eigenvalue weighted by molar-refractivity contribution is 5.96. The Labute approximate surface area is 411 Å². The molecular weight excluding hydrogens is 941 g/mol. The highest BCUT2D eigenvalue weighted by Crippen LogP contribution is 2.15. The molecule has 0 saturated heterocycles. The van der Waals surface area contributed by atoms with E-state index in [2.05, 4.69) is 42.2 Å². The maximum Gasteiger partial charge on any atom is 0.326 e. The van der Waals surface area contributed by atoms with Gasteiger partial charge in [0, 0.05) is 13.0 Å². The maximum atomic E-state index is 13.9. The first-order valence-electron chi connectivity index (χ1n) is 22.9. The lowest BCUT2D eigenvalue weighted by Crippen LogP contribution is -2.62. The molecule has 0 spiro atoms. The van der Waals surface area contributed by atoms with E-state index in [9.17, 15) is 73.2 Å². The van der Waals surface area contributed by atoms with Gasteiger partial charge in [0.15, 0.2) is 5.96 Å². The summed E-state index contributed by atoms with van der Waals surface area (Å²) in [4.78, 5) is 144. The van der Waals surface area contributed by atoms with Crippen molar-refractivity contribution in [2.24, 2.45) is 45.5 Å². The Morgan fingerprint density at radius 1 is 0.577 bits per heavy atom. The molecular formula is C42H76N14O15. The second-order valence-corrected chi connectivity index (χ2v) is 17.6. The van der Waals surface area contributed by atoms with Crippen molar-refractivity contribution in [3.8, 4) is 0 Å². The van der Waals surface area contributed by atoms with Gasteiger partial charge in [-0.3, -0.25) is 52.9 Å². The van der Waals surface area contributed by atoms with E-state index in [0.29, 0.717) is 6.42 Å². The molecule has 0 aromatic heterocycles. The molecule has 71 heavy (non-hydrogen) atoms. The number of aliphatic carboxylic acids is 1. The minimum absolute atomic E-state index is 0.0147. The zero-order valence-electron chi connectivity index (χ0n) is 41.2. The third-order valence-corrected chi connectivity index (χ3v) is 10.7. The van der Waals surface area contributed by atoms with Crippen LogP contribution in [0, 0.1) is 11.8 Å². The molecule has 404 valence electrons. The van der Waals surface area contributed by atoms with E-state index in [1.807, 2.05) is 5.32 Å². The van der Waals surface area contributed by atoms with E-state index >= 15 is 0 Å². The molecule has 0 radical (unpaired) electrons. The summed E-state index contributed by atoms with van der Waals surface area (Å²) in [6.07, 6.45) is -6.39. The molecule has 0 aliphatic heterocycles. The van der Waals surface area contributed by atoms with E-state index in [0.717, 1.165) is 0 Å². The van der Waals surface area contributed by atoms with Gasteiger partial charge in [-0.15, -0.1) is 0 Å². The molecule has 22 N–H and O–H groups in total. The van der Waals surface area contributed by atoms with Gasteiger partial charge >= 0.3 is 5.97 Å². The number of hydrogen-bond acceptors (Lipinski definition) is 16. The van der Waals surface area contributed by atoms with Crippen LogP contribution in [0.25, 0.3) is 0 Å². The van der Waals surface area contributed by atoms with Crippen molar-refractivity contribution < 1.29 is 73.2 Å². The molecule has 29 nitrogen and oxygen atoms in total. The third-order valence-electron chi connectivity index (χ3n) is 10.7. The Kier molecular flexibility index (Phi) is 29.2. The fourth-order valence-electron chi connectivity index (χ4n) is 6.44. The number of aliphatic hydroxyl groups excluding tert-OH is 3. The van der Waals surface area contributed by atoms with Crippen molar-refractivity contribution in [2.45, 2.75) is 166 Å². The number of nitrogens with zero attached hydrogens (tertiary/aromatic N) is 1. The number of aliphatic imine (C=N–C) groups is 1. The Morgan fingerprint density at radius 2 is 1.14 bits per heavy atom. The minimum Gasteiger partial charge on any atom is -0.480 e. The normalized spacial score (nSPS) is 16.2. The van der Waals surface area contributed by atoms with Crippen molar-refractivity contribution in [1.82, 2.24) is 42.5 Å². The molecule has 1 unspecified atom stereocenters. The molecule has 0 rings (SSSR count). The topological polar surface area (TPSA) is 507 Å². The summed E-state index contributed by atoms with van der Waals surface area (Å²) in [7, 11) is 0. The Morgan fingerprint density at radius 3 is 1.65 bits per heavy atom. The summed E-state index contributed by atoms with van der Waals surface area (Å²) < 4.78 is 0. The average Bonchev–Trinajstić information content (AvgIpc) is 3.26. The van der Waals surface area contributed by atoms with E-state index in [4.69, 9.17) is 28.7 Å². The largest absolute Gasteiger partial charge is 0.480 e. The molecule has 0 saturated carbocycles. The highest BCUT2D eigenvalue weighted by Gasteiger charge is 2.36. The lowest BCUT2D eigenvalue weighted by molar-refractivity contribution is -0.143. The number of nitrogens with one attached hydrogen (secondary N) is 8. The fourth-order valence-corrected chi connectivity index (χ4v) is 6.44. The molecule has 0 aliphatic rings. The standard InChI is InChI=1S/C42H76N14O15/c1-8-19(4)33(55-40(69)34(22(7)58)56-35(64)20(5)50-38(67)32(45)21(6)57)39(68)54-25(14-18(2)3)27(59)16-30(62)51-24(11-12-28(43)60)37(66)53-23(10-9-13-48-42(46)47)36(65)49-17-31(63)52-26(41(70)71)15-29(44)61/h18-27,32-34,57-59H,8-17,45H2,1-7H3,(H2,43,60)(H2,44,61)(H,49,65)(H,50,67)(H,51,62)(H,52,63)(H,53,66)(H,54,68)(H,55,69)(H,56,64)(H,70,71)(H4,46,47,48)/t19?,20-,21+,22+,23-,24-,25-,26-,27-,32-,33-,34-/m0/s1. The predicted octanol–water partition coefficient (Wildman–Crippen LogP) is -7.27. The first-order chi connectivity index (χ1) is 32.9. The van der Waals surface area contributed by atoms with Crippen molar-refractivity contribution in [1.29, 1.82) is 0 Å². The number of guanidine groups is 1. The molecule has 29 heteroatoms. The quantitative estimate of drug-likeness (QED) is 0.0162. The highest BCUT2D eigenvalue weighted by atomic mass is 16.4. The van der Waals surface area contributed by atoms with Gasteiger partial charge in [-0.1, -0.05) is 34.1 Å². The number of nitrogens with two attached hydrogens (primary N) is 5. The van der Waals surface area contributed by atoms with E-state index in [1.54, 1.807) is 27.7 Å². The van der Waals surface area contributed by atoms with Crippen LogP contribution in [0.5, 0.6) is 0 Å². The van der Waals surface area contributed by atoms with E-state index in [-0.39, 0.29) is 37.7 Å². The number of rotatable bonds is 34. The molecule has 0 fully saturated rings. The molecule has 0 aliphatic carbocycles. The van der Waals surface area contributed by atoms with Crippen LogP contribution in [0.3, 0.4) is 0 Å². The van der Waals surface area contributed by atoms with Crippen molar-refractivity contribution in [3.63, 3.8) is 0 Å². The number of carboxylic acid groups (broad SMARTS) is 1. The number of primary amides is 2. The number of carbonyl (C=O) groups is 11. The van der Waals surface area contributed by atoms with Crippen molar-refractivity contribution in [2.75, 3.05) is 13.1 Å². The van der Waals surface area contributed by atoms with Gasteiger partial charge in [0.25, 0.3) is 0 Å². The summed E-state index contributed by atoms with van der Waals surface area (Å²) in [6.45, 7) is 9.78. The third kappa shape index (κ3) is 25.6. The molecule has 0 aromatic rings. The van der Waals surface area contributed by atoms with Crippen LogP contribution in [0.4, 0.5) is 0 Å². The number of carboxylic acids is 1. The molecule has 12 atom stereocenters. The minimum atomic E-state index is -1.70. The smallest absolute Gasteiger partial charge is 0.326 e. The van der Waals surface area contributed by atoms with E-state index < -0.39 is 170 Å². The molecule has 10 amide bonds. The summed E-state index contributed by atoms with van der Waals surface area (Å²) in [5, 5.41) is 59.7. The van der Waals surface area contributed by atoms with Gasteiger partial charge in [0.05, 0.1) is 43.7 Å². The summed E-state index contributed by atoms with van der Waals surface area (Å²) >= 11 is 0. The van der Waals surface area contributed by atoms with Crippen LogP contribution >= 0.6 is 0 Å². The zero-order chi connectivity index (χ0) is 54.9.